The number of hydrogen-bond acceptors (Lipinski definition) is 2. The maximum atomic E-state index is 12.0. The molecule has 0 saturated carbocycles. The Labute approximate surface area is 127 Å². The van der Waals surface area contributed by atoms with Crippen molar-refractivity contribution >= 4 is 34.8 Å². The number of rotatable bonds is 3. The second-order valence-corrected chi connectivity index (χ2v) is 4.97. The van der Waals surface area contributed by atoms with E-state index in [1.54, 1.807) is 12.1 Å². The Morgan fingerprint density at radius 1 is 1.10 bits per heavy atom. The van der Waals surface area contributed by atoms with Gasteiger partial charge in [-0.1, -0.05) is 53.5 Å². The predicted octanol–water partition coefficient (Wildman–Crippen LogP) is 4.15. The minimum Gasteiger partial charge on any atom is -0.267 e. The fraction of sp³-hybridized carbons (Fsp3) is 0.0667. The van der Waals surface area contributed by atoms with Crippen molar-refractivity contribution in [2.24, 2.45) is 5.10 Å². The predicted molar refractivity (Wildman–Crippen MR) is 82.6 cm³/mol. The third-order valence-electron chi connectivity index (χ3n) is 2.69. The van der Waals surface area contributed by atoms with Crippen LogP contribution in [-0.2, 0) is 0 Å². The summed E-state index contributed by atoms with van der Waals surface area (Å²) in [7, 11) is 0. The van der Waals surface area contributed by atoms with E-state index in [1.165, 1.54) is 6.07 Å². The molecule has 0 saturated heterocycles. The Morgan fingerprint density at radius 3 is 2.45 bits per heavy atom. The first kappa shape index (κ1) is 14.6. The van der Waals surface area contributed by atoms with Gasteiger partial charge in [-0.3, -0.25) is 4.79 Å². The SMILES string of the molecule is C/C(=N\NC(=O)c1ccc(Cl)cc1Cl)c1ccccc1. The van der Waals surface area contributed by atoms with Crippen LogP contribution < -0.4 is 5.43 Å². The highest BCUT2D eigenvalue weighted by molar-refractivity contribution is 6.36. The Kier molecular flexibility index (Phi) is 4.77. The molecule has 0 atom stereocenters. The lowest BCUT2D eigenvalue weighted by molar-refractivity contribution is 0.0955. The summed E-state index contributed by atoms with van der Waals surface area (Å²) >= 11 is 11.7. The number of amides is 1. The molecule has 2 aromatic carbocycles. The number of hydrazone groups is 1. The van der Waals surface area contributed by atoms with E-state index in [0.717, 1.165) is 5.56 Å². The molecule has 2 rings (SSSR count). The maximum absolute atomic E-state index is 12.0. The second-order valence-electron chi connectivity index (χ2n) is 4.13. The van der Waals surface area contributed by atoms with Crippen LogP contribution in [0.5, 0.6) is 0 Å². The summed E-state index contributed by atoms with van der Waals surface area (Å²) < 4.78 is 0. The van der Waals surface area contributed by atoms with E-state index in [2.05, 4.69) is 10.5 Å². The van der Waals surface area contributed by atoms with E-state index < -0.39 is 0 Å². The molecule has 0 spiro atoms. The van der Waals surface area contributed by atoms with Gasteiger partial charge in [0.15, 0.2) is 0 Å². The first-order valence-electron chi connectivity index (χ1n) is 5.93. The highest BCUT2D eigenvalue weighted by Crippen LogP contribution is 2.20. The van der Waals surface area contributed by atoms with E-state index in [1.807, 2.05) is 37.3 Å². The van der Waals surface area contributed by atoms with Gasteiger partial charge >= 0.3 is 0 Å². The normalized spacial score (nSPS) is 11.2. The van der Waals surface area contributed by atoms with Crippen LogP contribution >= 0.6 is 23.2 Å². The highest BCUT2D eigenvalue weighted by atomic mass is 35.5. The Bertz CT molecular complexity index is 654. The lowest BCUT2D eigenvalue weighted by atomic mass is 10.1. The summed E-state index contributed by atoms with van der Waals surface area (Å²) in [6.07, 6.45) is 0. The molecule has 102 valence electrons. The summed E-state index contributed by atoms with van der Waals surface area (Å²) in [4.78, 5) is 12.0. The van der Waals surface area contributed by atoms with Crippen molar-refractivity contribution in [3.8, 4) is 0 Å². The van der Waals surface area contributed by atoms with Crippen LogP contribution in [0.2, 0.25) is 10.0 Å². The molecular formula is C15H12Cl2N2O. The Morgan fingerprint density at radius 2 is 1.80 bits per heavy atom. The monoisotopic (exact) mass is 306 g/mol. The number of nitrogens with one attached hydrogen (secondary N) is 1. The topological polar surface area (TPSA) is 41.5 Å². The summed E-state index contributed by atoms with van der Waals surface area (Å²) in [6, 6.07) is 14.3. The van der Waals surface area contributed by atoms with Crippen LogP contribution in [0.1, 0.15) is 22.8 Å². The number of carbonyl (C=O) groups is 1. The molecule has 0 unspecified atom stereocenters. The molecule has 0 aromatic heterocycles. The zero-order valence-corrected chi connectivity index (χ0v) is 12.2. The summed E-state index contributed by atoms with van der Waals surface area (Å²) in [5.74, 6) is -0.373. The number of hydrogen-bond donors (Lipinski definition) is 1. The molecule has 5 heteroatoms. The van der Waals surface area contributed by atoms with Crippen molar-refractivity contribution < 1.29 is 4.79 Å². The van der Waals surface area contributed by atoms with E-state index in [4.69, 9.17) is 23.2 Å². The van der Waals surface area contributed by atoms with Crippen molar-refractivity contribution in [2.45, 2.75) is 6.92 Å². The van der Waals surface area contributed by atoms with Gasteiger partial charge < -0.3 is 0 Å². The van der Waals surface area contributed by atoms with E-state index in [9.17, 15) is 4.79 Å². The molecule has 2 aromatic rings. The quantitative estimate of drug-likeness (QED) is 0.672. The lowest BCUT2D eigenvalue weighted by Crippen LogP contribution is -2.19. The van der Waals surface area contributed by atoms with Gasteiger partial charge in [-0.25, -0.2) is 5.43 Å². The average Bonchev–Trinajstić information content (AvgIpc) is 2.45. The smallest absolute Gasteiger partial charge is 0.267 e. The lowest BCUT2D eigenvalue weighted by Gasteiger charge is -2.05. The van der Waals surface area contributed by atoms with Crippen molar-refractivity contribution in [3.05, 3.63) is 69.7 Å². The van der Waals surface area contributed by atoms with Gasteiger partial charge in [-0.05, 0) is 30.7 Å². The second kappa shape index (κ2) is 6.55. The largest absolute Gasteiger partial charge is 0.272 e. The van der Waals surface area contributed by atoms with Crippen molar-refractivity contribution in [3.63, 3.8) is 0 Å². The number of halogens is 2. The molecule has 0 radical (unpaired) electrons. The van der Waals surface area contributed by atoms with Crippen molar-refractivity contribution in [2.75, 3.05) is 0 Å². The van der Waals surface area contributed by atoms with Crippen LogP contribution in [0.15, 0.2) is 53.6 Å². The first-order chi connectivity index (χ1) is 9.58. The number of nitrogens with zero attached hydrogens (tertiary/aromatic N) is 1. The zero-order valence-electron chi connectivity index (χ0n) is 10.7. The molecule has 0 aliphatic carbocycles. The molecule has 0 fully saturated rings. The fourth-order valence-electron chi connectivity index (χ4n) is 1.61. The molecule has 0 aliphatic rings. The van der Waals surface area contributed by atoms with Crippen LogP contribution in [0.3, 0.4) is 0 Å². The Hall–Kier alpha value is -1.84. The molecule has 1 N–H and O–H groups in total. The maximum Gasteiger partial charge on any atom is 0.272 e. The minimum atomic E-state index is -0.373. The summed E-state index contributed by atoms with van der Waals surface area (Å²) in [5, 5.41) is 4.84. The van der Waals surface area contributed by atoms with Gasteiger partial charge in [0.05, 0.1) is 16.3 Å². The molecule has 0 bridgehead atoms. The van der Waals surface area contributed by atoms with E-state index >= 15 is 0 Å². The molecule has 20 heavy (non-hydrogen) atoms. The standard InChI is InChI=1S/C15H12Cl2N2O/c1-10(11-5-3-2-4-6-11)18-19-15(20)13-8-7-12(16)9-14(13)17/h2-9H,1H3,(H,19,20)/b18-10+. The first-order valence-corrected chi connectivity index (χ1v) is 6.68. The van der Waals surface area contributed by atoms with Crippen molar-refractivity contribution in [1.29, 1.82) is 0 Å². The molecular weight excluding hydrogens is 295 g/mol. The van der Waals surface area contributed by atoms with Crippen LogP contribution in [-0.4, -0.2) is 11.6 Å². The third kappa shape index (κ3) is 3.59. The zero-order chi connectivity index (χ0) is 14.5. The van der Waals surface area contributed by atoms with Gasteiger partial charge in [0.25, 0.3) is 5.91 Å². The third-order valence-corrected chi connectivity index (χ3v) is 3.24. The molecule has 0 heterocycles. The van der Waals surface area contributed by atoms with Gasteiger partial charge in [-0.2, -0.15) is 5.10 Å². The van der Waals surface area contributed by atoms with Gasteiger partial charge in [-0.15, -0.1) is 0 Å². The van der Waals surface area contributed by atoms with Crippen LogP contribution in [0.25, 0.3) is 0 Å². The van der Waals surface area contributed by atoms with Crippen molar-refractivity contribution in [1.82, 2.24) is 5.43 Å². The fourth-order valence-corrected chi connectivity index (χ4v) is 2.11. The van der Waals surface area contributed by atoms with Gasteiger partial charge in [0.2, 0.25) is 0 Å². The number of carbonyl (C=O) groups excluding carboxylic acids is 1. The highest BCUT2D eigenvalue weighted by Gasteiger charge is 2.10. The molecule has 3 nitrogen and oxygen atoms in total. The summed E-state index contributed by atoms with van der Waals surface area (Å²) in [6.45, 7) is 1.82. The molecule has 0 aliphatic heterocycles. The summed E-state index contributed by atoms with van der Waals surface area (Å²) in [5.41, 5.74) is 4.46. The van der Waals surface area contributed by atoms with E-state index in [-0.39, 0.29) is 5.91 Å². The average molecular weight is 307 g/mol. The Balaban J connectivity index is 2.12. The van der Waals surface area contributed by atoms with Gasteiger partial charge in [0.1, 0.15) is 0 Å². The number of benzene rings is 2. The van der Waals surface area contributed by atoms with Crippen LogP contribution in [0.4, 0.5) is 0 Å². The van der Waals surface area contributed by atoms with Crippen LogP contribution in [0, 0.1) is 0 Å². The minimum absolute atomic E-state index is 0.294. The van der Waals surface area contributed by atoms with E-state index in [0.29, 0.717) is 21.3 Å². The van der Waals surface area contributed by atoms with Gasteiger partial charge in [0, 0.05) is 5.02 Å². The molecule has 1 amide bonds.